The van der Waals surface area contributed by atoms with Crippen molar-refractivity contribution < 1.29 is 0 Å². The smallest absolute Gasteiger partial charge is 0.164 e. The third-order valence-electron chi connectivity index (χ3n) is 13.4. The van der Waals surface area contributed by atoms with Gasteiger partial charge in [0.15, 0.2) is 17.5 Å². The zero-order valence-corrected chi connectivity index (χ0v) is 36.6. The van der Waals surface area contributed by atoms with E-state index in [0.29, 0.717) is 17.5 Å². The fraction of sp³-hybridized carbons (Fsp3) is 0.0161. The van der Waals surface area contributed by atoms with Crippen LogP contribution in [0.15, 0.2) is 237 Å². The van der Waals surface area contributed by atoms with Gasteiger partial charge in [-0.15, -0.1) is 11.3 Å². The molecule has 0 aliphatic heterocycles. The average Bonchev–Trinajstić information content (AvgIpc) is 3.93. The Kier molecular flexibility index (Phi) is 8.93. The molecule has 308 valence electrons. The molecule has 0 fully saturated rings. The Morgan fingerprint density at radius 2 is 0.879 bits per heavy atom. The first-order chi connectivity index (χ1) is 32.7. The van der Waals surface area contributed by atoms with Gasteiger partial charge in [-0.3, -0.25) is 0 Å². The molecule has 0 atom stereocenters. The van der Waals surface area contributed by atoms with Crippen LogP contribution in [0, 0.1) is 0 Å². The topological polar surface area (TPSA) is 38.7 Å². The third kappa shape index (κ3) is 6.07. The molecule has 2 aromatic heterocycles. The van der Waals surface area contributed by atoms with E-state index in [1.54, 1.807) is 0 Å². The van der Waals surface area contributed by atoms with Gasteiger partial charge in [0.2, 0.25) is 0 Å². The zero-order valence-electron chi connectivity index (χ0n) is 35.8. The Hall–Kier alpha value is -8.31. The molecule has 0 bridgehead atoms. The van der Waals surface area contributed by atoms with Crippen LogP contribution in [0.25, 0.3) is 98.5 Å². The number of hydrogen-bond acceptors (Lipinski definition) is 4. The van der Waals surface area contributed by atoms with Gasteiger partial charge >= 0.3 is 0 Å². The van der Waals surface area contributed by atoms with E-state index in [0.717, 1.165) is 38.9 Å². The minimum atomic E-state index is -0.556. The van der Waals surface area contributed by atoms with Gasteiger partial charge in [-0.05, 0) is 96.7 Å². The summed E-state index contributed by atoms with van der Waals surface area (Å²) in [5, 5.41) is 4.95. The second-order valence-electron chi connectivity index (χ2n) is 17.1. The summed E-state index contributed by atoms with van der Waals surface area (Å²) in [6.45, 7) is 0. The van der Waals surface area contributed by atoms with E-state index >= 15 is 0 Å². The summed E-state index contributed by atoms with van der Waals surface area (Å²) in [6.07, 6.45) is 0. The van der Waals surface area contributed by atoms with Crippen LogP contribution in [0.1, 0.15) is 22.3 Å². The summed E-state index contributed by atoms with van der Waals surface area (Å²) < 4.78 is 2.54. The lowest BCUT2D eigenvalue weighted by atomic mass is 9.67. The molecule has 4 heteroatoms. The molecule has 10 aromatic carbocycles. The maximum Gasteiger partial charge on any atom is 0.164 e. The van der Waals surface area contributed by atoms with Gasteiger partial charge in [0.1, 0.15) is 0 Å². The van der Waals surface area contributed by atoms with Crippen molar-refractivity contribution in [2.75, 3.05) is 0 Å². The second-order valence-corrected chi connectivity index (χ2v) is 18.1. The lowest BCUT2D eigenvalue weighted by Crippen LogP contribution is -2.28. The summed E-state index contributed by atoms with van der Waals surface area (Å²) in [7, 11) is 0. The van der Waals surface area contributed by atoms with Crippen LogP contribution < -0.4 is 0 Å². The van der Waals surface area contributed by atoms with Gasteiger partial charge in [0, 0.05) is 36.9 Å². The average molecular weight is 858 g/mol. The lowest BCUT2D eigenvalue weighted by molar-refractivity contribution is 0.768. The van der Waals surface area contributed by atoms with E-state index in [9.17, 15) is 0 Å². The fourth-order valence-electron chi connectivity index (χ4n) is 10.4. The van der Waals surface area contributed by atoms with Crippen LogP contribution in [-0.2, 0) is 5.41 Å². The molecule has 12 aromatic rings. The van der Waals surface area contributed by atoms with Crippen LogP contribution in [0.3, 0.4) is 0 Å². The normalized spacial score (nSPS) is 12.7. The monoisotopic (exact) mass is 857 g/mol. The SMILES string of the molecule is c1ccc(-c2nc(-c3cc(-c4ccc5ccccc5c4)cc(-c4cccc5c4sc4ccccc45)c3)nc(-c3cccc4c3-c3ccccc3C4(c3ccccc3)c3ccccc3)n2)cc1. The molecule has 0 spiro atoms. The molecular weight excluding hydrogens is 819 g/mol. The van der Waals surface area contributed by atoms with E-state index in [2.05, 4.69) is 218 Å². The first-order valence-electron chi connectivity index (χ1n) is 22.4. The molecule has 0 saturated heterocycles. The molecule has 2 heterocycles. The lowest BCUT2D eigenvalue weighted by Gasteiger charge is -2.33. The number of hydrogen-bond donors (Lipinski definition) is 0. The van der Waals surface area contributed by atoms with Crippen molar-refractivity contribution in [3.63, 3.8) is 0 Å². The maximum absolute atomic E-state index is 5.54. The first kappa shape index (κ1) is 38.2. The van der Waals surface area contributed by atoms with Gasteiger partial charge in [0.05, 0.1) is 5.41 Å². The molecule has 3 nitrogen and oxygen atoms in total. The standard InChI is InChI=1S/C62H39N3S/c1-4-19-41(20-5-1)59-63-60(65-61(64-59)53-30-17-32-55-57(53)52-27-12-14-31-54(52)62(55,47-22-6-2-7-23-47)48-24-8-3-9-25-48)46-38-44(43-35-34-40-18-10-11-21-42(40)36-43)37-45(39-46)49-28-16-29-51-50-26-13-15-33-56(50)66-58(49)51/h1-39H. The minimum absolute atomic E-state index is 0.556. The molecule has 66 heavy (non-hydrogen) atoms. The first-order valence-corrected chi connectivity index (χ1v) is 23.2. The van der Waals surface area contributed by atoms with Crippen LogP contribution in [0.2, 0.25) is 0 Å². The molecular formula is C62H39N3S. The fourth-order valence-corrected chi connectivity index (χ4v) is 11.7. The van der Waals surface area contributed by atoms with E-state index in [1.165, 1.54) is 64.3 Å². The molecule has 0 N–H and O–H groups in total. The number of benzene rings is 10. The zero-order chi connectivity index (χ0) is 43.6. The Morgan fingerprint density at radius 3 is 1.68 bits per heavy atom. The highest BCUT2D eigenvalue weighted by molar-refractivity contribution is 7.26. The highest BCUT2D eigenvalue weighted by Gasteiger charge is 2.47. The Labute approximate surface area is 387 Å². The van der Waals surface area contributed by atoms with Crippen LogP contribution in [-0.4, -0.2) is 15.0 Å². The summed E-state index contributed by atoms with van der Waals surface area (Å²) in [6, 6.07) is 85.3. The summed E-state index contributed by atoms with van der Waals surface area (Å²) in [4.78, 5) is 16.3. The quantitative estimate of drug-likeness (QED) is 0.160. The van der Waals surface area contributed by atoms with Gasteiger partial charge in [0.25, 0.3) is 0 Å². The Balaban J connectivity index is 1.08. The van der Waals surface area contributed by atoms with E-state index in [4.69, 9.17) is 15.0 Å². The van der Waals surface area contributed by atoms with E-state index in [-0.39, 0.29) is 0 Å². The second kappa shape index (κ2) is 15.4. The van der Waals surface area contributed by atoms with E-state index in [1.807, 2.05) is 29.5 Å². The van der Waals surface area contributed by atoms with Crippen LogP contribution in [0.5, 0.6) is 0 Å². The van der Waals surface area contributed by atoms with Gasteiger partial charge in [-0.1, -0.05) is 206 Å². The Bertz CT molecular complexity index is 3780. The van der Waals surface area contributed by atoms with E-state index < -0.39 is 5.41 Å². The molecule has 1 aliphatic carbocycles. The van der Waals surface area contributed by atoms with Crippen LogP contribution >= 0.6 is 11.3 Å². The molecule has 0 saturated carbocycles. The molecule has 0 unspecified atom stereocenters. The number of aromatic nitrogens is 3. The summed E-state index contributed by atoms with van der Waals surface area (Å²) >= 11 is 1.85. The predicted octanol–water partition coefficient (Wildman–Crippen LogP) is 16.1. The highest BCUT2D eigenvalue weighted by Crippen LogP contribution is 2.58. The largest absolute Gasteiger partial charge is 0.208 e. The van der Waals surface area contributed by atoms with Crippen molar-refractivity contribution in [1.82, 2.24) is 15.0 Å². The van der Waals surface area contributed by atoms with Crippen molar-refractivity contribution in [1.29, 1.82) is 0 Å². The van der Waals surface area contributed by atoms with Crippen molar-refractivity contribution >= 4 is 42.3 Å². The number of fused-ring (bicyclic) bond motifs is 7. The maximum atomic E-state index is 5.54. The molecule has 0 radical (unpaired) electrons. The number of nitrogens with zero attached hydrogens (tertiary/aromatic N) is 3. The summed E-state index contributed by atoms with van der Waals surface area (Å²) in [5.41, 5.74) is 14.0. The van der Waals surface area contributed by atoms with Gasteiger partial charge < -0.3 is 0 Å². The van der Waals surface area contributed by atoms with Crippen molar-refractivity contribution in [3.05, 3.63) is 259 Å². The van der Waals surface area contributed by atoms with Crippen molar-refractivity contribution in [3.8, 4) is 67.5 Å². The highest BCUT2D eigenvalue weighted by atomic mass is 32.1. The predicted molar refractivity (Wildman–Crippen MR) is 275 cm³/mol. The van der Waals surface area contributed by atoms with Crippen LogP contribution in [0.4, 0.5) is 0 Å². The number of thiophene rings is 1. The van der Waals surface area contributed by atoms with Crippen molar-refractivity contribution in [2.45, 2.75) is 5.41 Å². The number of rotatable bonds is 7. The van der Waals surface area contributed by atoms with Gasteiger partial charge in [-0.2, -0.15) is 0 Å². The molecule has 1 aliphatic rings. The minimum Gasteiger partial charge on any atom is -0.208 e. The summed E-state index contributed by atoms with van der Waals surface area (Å²) in [5.74, 6) is 1.88. The third-order valence-corrected chi connectivity index (χ3v) is 14.6. The molecule has 13 rings (SSSR count). The van der Waals surface area contributed by atoms with Gasteiger partial charge in [-0.25, -0.2) is 15.0 Å². The van der Waals surface area contributed by atoms with Crippen molar-refractivity contribution in [2.24, 2.45) is 0 Å². The molecule has 0 amide bonds. The Morgan fingerprint density at radius 1 is 0.318 bits per heavy atom.